The second kappa shape index (κ2) is 7.09. The Morgan fingerprint density at radius 2 is 1.62 bits per heavy atom. The van der Waals surface area contributed by atoms with Gasteiger partial charge in [-0.15, -0.1) is 0 Å². The Hall–Kier alpha value is -3.61. The van der Waals surface area contributed by atoms with E-state index in [1.807, 2.05) is 42.5 Å². The molecule has 2 aromatic heterocycles. The molecule has 0 saturated heterocycles. The minimum absolute atomic E-state index is 0.344. The third-order valence-corrected chi connectivity index (χ3v) is 4.67. The number of nitrogens with zero attached hydrogens (tertiary/aromatic N) is 1. The van der Waals surface area contributed by atoms with Gasteiger partial charge in [-0.1, -0.05) is 48.5 Å². The maximum atomic E-state index is 13.1. The van der Waals surface area contributed by atoms with E-state index in [9.17, 15) is 22.8 Å². The maximum absolute atomic E-state index is 13.1. The molecular formula is C22H15F3N2O2. The van der Waals surface area contributed by atoms with Gasteiger partial charge in [0.1, 0.15) is 0 Å². The van der Waals surface area contributed by atoms with Gasteiger partial charge in [0, 0.05) is 23.2 Å². The highest BCUT2D eigenvalue weighted by Gasteiger charge is 2.31. The molecule has 2 aromatic carbocycles. The van der Waals surface area contributed by atoms with Crippen LogP contribution < -0.4 is 5.56 Å². The molecule has 0 atom stereocenters. The highest BCUT2D eigenvalue weighted by molar-refractivity contribution is 6.13. The largest absolute Gasteiger partial charge is 0.417 e. The molecule has 146 valence electrons. The van der Waals surface area contributed by atoms with Gasteiger partial charge in [0.2, 0.25) is 0 Å². The first-order chi connectivity index (χ1) is 13.8. The van der Waals surface area contributed by atoms with Gasteiger partial charge in [0.15, 0.2) is 5.78 Å². The number of alkyl halides is 3. The SMILES string of the molecule is O=C(Cn1cc(C(F)(F)F)ccc1=O)c1c(-c2ccccc2)[nH]c2ccccc12. The molecule has 4 aromatic rings. The molecule has 0 fully saturated rings. The van der Waals surface area contributed by atoms with E-state index in [0.717, 1.165) is 21.7 Å². The Morgan fingerprint density at radius 1 is 0.931 bits per heavy atom. The van der Waals surface area contributed by atoms with E-state index in [1.165, 1.54) is 0 Å². The second-order valence-corrected chi connectivity index (χ2v) is 6.59. The number of ketones is 1. The van der Waals surface area contributed by atoms with Crippen molar-refractivity contribution in [2.75, 3.05) is 0 Å². The fourth-order valence-electron chi connectivity index (χ4n) is 3.31. The number of carbonyl (C=O) groups excluding carboxylic acids is 1. The lowest BCUT2D eigenvalue weighted by Gasteiger charge is -2.11. The van der Waals surface area contributed by atoms with E-state index in [1.54, 1.807) is 12.1 Å². The van der Waals surface area contributed by atoms with E-state index in [-0.39, 0.29) is 0 Å². The van der Waals surface area contributed by atoms with Gasteiger partial charge in [-0.2, -0.15) is 13.2 Å². The quantitative estimate of drug-likeness (QED) is 0.499. The molecule has 0 saturated carbocycles. The van der Waals surface area contributed by atoms with Gasteiger partial charge >= 0.3 is 6.18 Å². The summed E-state index contributed by atoms with van der Waals surface area (Å²) >= 11 is 0. The van der Waals surface area contributed by atoms with Crippen LogP contribution in [0.15, 0.2) is 77.7 Å². The van der Waals surface area contributed by atoms with Crippen molar-refractivity contribution in [2.24, 2.45) is 0 Å². The lowest BCUT2D eigenvalue weighted by molar-refractivity contribution is -0.138. The summed E-state index contributed by atoms with van der Waals surface area (Å²) in [4.78, 5) is 28.4. The first-order valence-electron chi connectivity index (χ1n) is 8.81. The molecule has 4 rings (SSSR count). The van der Waals surface area contributed by atoms with E-state index < -0.39 is 29.6 Å². The van der Waals surface area contributed by atoms with E-state index in [2.05, 4.69) is 4.98 Å². The Morgan fingerprint density at radius 3 is 2.34 bits per heavy atom. The van der Waals surface area contributed by atoms with Crippen LogP contribution in [0.25, 0.3) is 22.2 Å². The van der Waals surface area contributed by atoms with Crippen LogP contribution in [-0.4, -0.2) is 15.3 Å². The minimum Gasteiger partial charge on any atom is -0.354 e. The summed E-state index contributed by atoms with van der Waals surface area (Å²) in [5.74, 6) is -0.456. The average Bonchev–Trinajstić information content (AvgIpc) is 3.09. The molecule has 0 bridgehead atoms. The van der Waals surface area contributed by atoms with E-state index >= 15 is 0 Å². The van der Waals surface area contributed by atoms with Crippen molar-refractivity contribution < 1.29 is 18.0 Å². The third-order valence-electron chi connectivity index (χ3n) is 4.67. The summed E-state index contributed by atoms with van der Waals surface area (Å²) in [6.45, 7) is -0.496. The molecule has 4 nitrogen and oxygen atoms in total. The third kappa shape index (κ3) is 3.59. The number of benzene rings is 2. The standard InChI is InChI=1S/C22H15F3N2O2/c23-22(24,25)15-10-11-19(29)27(12-15)13-18(28)20-16-8-4-5-9-17(16)26-21(20)14-6-2-1-3-7-14/h1-12,26H,13H2. The Balaban J connectivity index is 1.82. The monoisotopic (exact) mass is 396 g/mol. The van der Waals surface area contributed by atoms with Crippen LogP contribution in [0, 0.1) is 0 Å². The fourth-order valence-corrected chi connectivity index (χ4v) is 3.31. The topological polar surface area (TPSA) is 54.9 Å². The van der Waals surface area contributed by atoms with Gasteiger partial charge in [-0.05, 0) is 17.7 Å². The molecule has 0 radical (unpaired) electrons. The molecule has 0 aliphatic carbocycles. The first kappa shape index (κ1) is 18.7. The van der Waals surface area contributed by atoms with Crippen molar-refractivity contribution in [3.8, 4) is 11.3 Å². The van der Waals surface area contributed by atoms with E-state index in [0.29, 0.717) is 28.9 Å². The maximum Gasteiger partial charge on any atom is 0.417 e. The summed E-state index contributed by atoms with van der Waals surface area (Å²) in [6, 6.07) is 17.9. The normalized spacial score (nSPS) is 11.7. The van der Waals surface area contributed by atoms with Gasteiger partial charge < -0.3 is 9.55 Å². The van der Waals surface area contributed by atoms with Crippen LogP contribution in [0.1, 0.15) is 15.9 Å². The number of pyridine rings is 1. The highest BCUT2D eigenvalue weighted by atomic mass is 19.4. The van der Waals surface area contributed by atoms with Crippen LogP contribution in [0.5, 0.6) is 0 Å². The first-order valence-corrected chi connectivity index (χ1v) is 8.81. The zero-order valence-electron chi connectivity index (χ0n) is 15.0. The van der Waals surface area contributed by atoms with Crippen molar-refractivity contribution in [3.63, 3.8) is 0 Å². The number of carbonyl (C=O) groups is 1. The van der Waals surface area contributed by atoms with Gasteiger partial charge in [-0.3, -0.25) is 9.59 Å². The van der Waals surface area contributed by atoms with Crippen LogP contribution >= 0.6 is 0 Å². The zero-order chi connectivity index (χ0) is 20.6. The van der Waals surface area contributed by atoms with Gasteiger partial charge in [-0.25, -0.2) is 0 Å². The Kier molecular flexibility index (Phi) is 4.58. The summed E-state index contributed by atoms with van der Waals surface area (Å²) in [6.07, 6.45) is -3.92. The van der Waals surface area contributed by atoms with Crippen molar-refractivity contribution in [3.05, 3.63) is 94.4 Å². The Bertz CT molecular complexity index is 1250. The number of para-hydroxylation sites is 1. The smallest absolute Gasteiger partial charge is 0.354 e. The number of hydrogen-bond acceptors (Lipinski definition) is 2. The average molecular weight is 396 g/mol. The summed E-state index contributed by atoms with van der Waals surface area (Å²) < 4.78 is 39.8. The number of nitrogens with one attached hydrogen (secondary N) is 1. The predicted molar refractivity (Wildman–Crippen MR) is 104 cm³/mol. The van der Waals surface area contributed by atoms with Crippen molar-refractivity contribution in [2.45, 2.75) is 12.7 Å². The molecule has 0 aliphatic heterocycles. The van der Waals surface area contributed by atoms with Crippen LogP contribution in [0.4, 0.5) is 13.2 Å². The highest BCUT2D eigenvalue weighted by Crippen LogP contribution is 2.31. The summed E-state index contributed by atoms with van der Waals surface area (Å²) in [7, 11) is 0. The number of aromatic amines is 1. The lowest BCUT2D eigenvalue weighted by atomic mass is 10.0. The predicted octanol–water partition coefficient (Wildman–Crippen LogP) is 4.90. The molecule has 1 N–H and O–H groups in total. The fraction of sp³-hybridized carbons (Fsp3) is 0.0909. The van der Waals surface area contributed by atoms with Crippen molar-refractivity contribution in [1.29, 1.82) is 0 Å². The molecular weight excluding hydrogens is 381 g/mol. The van der Waals surface area contributed by atoms with Crippen LogP contribution in [0.3, 0.4) is 0 Å². The number of hydrogen-bond donors (Lipinski definition) is 1. The molecule has 0 amide bonds. The van der Waals surface area contributed by atoms with Crippen molar-refractivity contribution in [1.82, 2.24) is 9.55 Å². The van der Waals surface area contributed by atoms with Crippen LogP contribution in [-0.2, 0) is 12.7 Å². The summed E-state index contributed by atoms with van der Waals surface area (Å²) in [5, 5.41) is 0.649. The molecule has 29 heavy (non-hydrogen) atoms. The number of H-pyrrole nitrogens is 1. The molecule has 7 heteroatoms. The zero-order valence-corrected chi connectivity index (χ0v) is 15.0. The van der Waals surface area contributed by atoms with Crippen LogP contribution in [0.2, 0.25) is 0 Å². The lowest BCUT2D eigenvalue weighted by Crippen LogP contribution is -2.25. The molecule has 0 spiro atoms. The number of aromatic nitrogens is 2. The van der Waals surface area contributed by atoms with Gasteiger partial charge in [0.25, 0.3) is 5.56 Å². The van der Waals surface area contributed by atoms with Crippen molar-refractivity contribution >= 4 is 16.7 Å². The minimum atomic E-state index is -4.60. The molecule has 0 unspecified atom stereocenters. The molecule has 0 aliphatic rings. The number of halogens is 3. The van der Waals surface area contributed by atoms with Gasteiger partial charge in [0.05, 0.1) is 23.4 Å². The Labute approximate surface area is 163 Å². The number of fused-ring (bicyclic) bond motifs is 1. The van der Waals surface area contributed by atoms with E-state index in [4.69, 9.17) is 0 Å². The summed E-state index contributed by atoms with van der Waals surface area (Å²) in [5.41, 5.74) is 0.752. The second-order valence-electron chi connectivity index (χ2n) is 6.59. The number of rotatable bonds is 4. The number of Topliss-reactive ketones (excluding diaryl/α,β-unsaturated/α-hetero) is 1. The molecule has 2 heterocycles.